The van der Waals surface area contributed by atoms with Gasteiger partial charge in [-0.05, 0) is 89.8 Å². The molecule has 0 heterocycles. The maximum Gasteiger partial charge on any atom is 0.269 e. The molecule has 0 atom stereocenters. The van der Waals surface area contributed by atoms with Crippen molar-refractivity contribution in [3.05, 3.63) is 126 Å². The van der Waals surface area contributed by atoms with E-state index in [4.69, 9.17) is 9.47 Å². The minimum absolute atomic E-state index is 0.0199. The molecule has 0 aliphatic carbocycles. The Hall–Kier alpha value is -4.72. The number of ether oxygens (including phenoxy) is 2. The Kier molecular flexibility index (Phi) is 9.90. The van der Waals surface area contributed by atoms with Crippen LogP contribution in [0.3, 0.4) is 0 Å². The average molecular weight is 625 g/mol. The highest BCUT2D eigenvalue weighted by Crippen LogP contribution is 2.44. The number of hydrogen-bond donors (Lipinski definition) is 0. The van der Waals surface area contributed by atoms with Gasteiger partial charge in [0.05, 0.1) is 9.85 Å². The van der Waals surface area contributed by atoms with Gasteiger partial charge in [0.2, 0.25) is 0 Å². The summed E-state index contributed by atoms with van der Waals surface area (Å²) in [5.41, 5.74) is 6.35. The van der Waals surface area contributed by atoms with E-state index in [0.717, 1.165) is 46.6 Å². The lowest BCUT2D eigenvalue weighted by molar-refractivity contribution is -0.385. The van der Waals surface area contributed by atoms with Crippen molar-refractivity contribution in [2.45, 2.75) is 91.9 Å². The fraction of sp³-hybridized carbons (Fsp3) is 0.368. The van der Waals surface area contributed by atoms with Crippen molar-refractivity contribution in [1.82, 2.24) is 0 Å². The van der Waals surface area contributed by atoms with Gasteiger partial charge < -0.3 is 9.47 Å². The molecule has 0 N–H and O–H groups in total. The maximum atomic E-state index is 11.1. The van der Waals surface area contributed by atoms with E-state index in [2.05, 4.69) is 86.6 Å². The Morgan fingerprint density at radius 3 is 1.26 bits per heavy atom. The van der Waals surface area contributed by atoms with Gasteiger partial charge in [0.25, 0.3) is 11.4 Å². The molecule has 0 aliphatic rings. The standard InChI is InChI=1S/C38H44N2O6/c1-10-11-30(31-22-33(37(4,5)6)35(20-24(31)2)45-28-16-12-26(13-17-28)39(41)42)32-23-34(38(7,8)9)36(21-25(32)3)46-29-18-14-27(15-19-29)40(43)44/h12-23,30H,10-11H2,1-9H3. The highest BCUT2D eigenvalue weighted by molar-refractivity contribution is 5.55. The third kappa shape index (κ3) is 7.73. The predicted molar refractivity (Wildman–Crippen MR) is 183 cm³/mol. The maximum absolute atomic E-state index is 11.1. The van der Waals surface area contributed by atoms with Gasteiger partial charge >= 0.3 is 0 Å². The highest BCUT2D eigenvalue weighted by Gasteiger charge is 2.28. The fourth-order valence-electron chi connectivity index (χ4n) is 5.78. The Morgan fingerprint density at radius 1 is 0.630 bits per heavy atom. The van der Waals surface area contributed by atoms with Crippen LogP contribution < -0.4 is 9.47 Å². The molecule has 0 unspecified atom stereocenters. The lowest BCUT2D eigenvalue weighted by atomic mass is 9.76. The second-order valence-electron chi connectivity index (χ2n) is 14.0. The van der Waals surface area contributed by atoms with Gasteiger partial charge in [-0.15, -0.1) is 0 Å². The van der Waals surface area contributed by atoms with Crippen LogP contribution in [0.15, 0.2) is 72.8 Å². The zero-order valence-corrected chi connectivity index (χ0v) is 28.3. The monoisotopic (exact) mass is 624 g/mol. The summed E-state index contributed by atoms with van der Waals surface area (Å²) in [7, 11) is 0. The smallest absolute Gasteiger partial charge is 0.269 e. The van der Waals surface area contributed by atoms with E-state index in [9.17, 15) is 20.2 Å². The average Bonchev–Trinajstić information content (AvgIpc) is 2.96. The SMILES string of the molecule is CCCC(c1cc(C(C)(C)C)c(Oc2ccc([N+](=O)[O-])cc2)cc1C)c1cc(C(C)(C)C)c(Oc2ccc([N+](=O)[O-])cc2)cc1C. The van der Waals surface area contributed by atoms with Crippen LogP contribution >= 0.6 is 0 Å². The molecule has 0 saturated heterocycles. The normalized spacial score (nSPS) is 11.9. The van der Waals surface area contributed by atoms with Gasteiger partial charge in [-0.1, -0.05) is 67.0 Å². The summed E-state index contributed by atoms with van der Waals surface area (Å²) in [4.78, 5) is 21.4. The molecular formula is C38H44N2O6. The van der Waals surface area contributed by atoms with Gasteiger partial charge in [-0.2, -0.15) is 0 Å². The molecular weight excluding hydrogens is 580 g/mol. The molecule has 4 rings (SSSR count). The Labute approximate surface area is 271 Å². The number of hydrogen-bond acceptors (Lipinski definition) is 6. The first kappa shape index (κ1) is 34.2. The lowest BCUT2D eigenvalue weighted by Gasteiger charge is -2.30. The largest absolute Gasteiger partial charge is 0.457 e. The van der Waals surface area contributed by atoms with E-state index in [1.807, 2.05) is 0 Å². The van der Waals surface area contributed by atoms with Crippen LogP contribution in [-0.2, 0) is 10.8 Å². The third-order valence-corrected chi connectivity index (χ3v) is 8.23. The number of nitro groups is 2. The Morgan fingerprint density at radius 2 is 0.978 bits per heavy atom. The van der Waals surface area contributed by atoms with Gasteiger partial charge in [-0.3, -0.25) is 20.2 Å². The molecule has 0 fully saturated rings. The van der Waals surface area contributed by atoms with Gasteiger partial charge in [-0.25, -0.2) is 0 Å². The van der Waals surface area contributed by atoms with Crippen LogP contribution in [0.1, 0.15) is 101 Å². The topological polar surface area (TPSA) is 105 Å². The molecule has 8 heteroatoms. The fourth-order valence-corrected chi connectivity index (χ4v) is 5.78. The molecule has 0 aliphatic heterocycles. The van der Waals surface area contributed by atoms with Crippen molar-refractivity contribution in [2.24, 2.45) is 0 Å². The summed E-state index contributed by atoms with van der Waals surface area (Å²) in [6.45, 7) is 19.4. The Balaban J connectivity index is 1.80. The van der Waals surface area contributed by atoms with E-state index < -0.39 is 9.85 Å². The van der Waals surface area contributed by atoms with Crippen LogP contribution in [0.25, 0.3) is 0 Å². The molecule has 0 radical (unpaired) electrons. The predicted octanol–water partition coefficient (Wildman–Crippen LogP) is 11.2. The van der Waals surface area contributed by atoms with Crippen molar-refractivity contribution in [2.75, 3.05) is 0 Å². The van der Waals surface area contributed by atoms with E-state index in [0.29, 0.717) is 11.5 Å². The van der Waals surface area contributed by atoms with Crippen LogP contribution in [0, 0.1) is 34.1 Å². The Bertz CT molecular complexity index is 1600. The van der Waals surface area contributed by atoms with E-state index in [1.165, 1.54) is 35.4 Å². The molecule has 0 saturated carbocycles. The van der Waals surface area contributed by atoms with Crippen molar-refractivity contribution in [1.29, 1.82) is 0 Å². The molecule has 0 aromatic heterocycles. The number of benzene rings is 4. The van der Waals surface area contributed by atoms with Gasteiger partial charge in [0, 0.05) is 41.3 Å². The van der Waals surface area contributed by atoms with Crippen LogP contribution in [0.5, 0.6) is 23.0 Å². The molecule has 4 aromatic rings. The van der Waals surface area contributed by atoms with Crippen LogP contribution in [0.4, 0.5) is 11.4 Å². The zero-order valence-electron chi connectivity index (χ0n) is 28.3. The number of nitrogens with zero attached hydrogens (tertiary/aromatic N) is 2. The number of nitro benzene ring substituents is 2. The first-order chi connectivity index (χ1) is 21.5. The first-order valence-electron chi connectivity index (χ1n) is 15.6. The van der Waals surface area contributed by atoms with Crippen LogP contribution in [0.2, 0.25) is 0 Å². The minimum atomic E-state index is -0.418. The summed E-state index contributed by atoms with van der Waals surface area (Å²) in [5, 5.41) is 22.3. The van der Waals surface area contributed by atoms with E-state index in [-0.39, 0.29) is 28.1 Å². The third-order valence-electron chi connectivity index (χ3n) is 8.23. The molecule has 242 valence electrons. The molecule has 0 bridgehead atoms. The van der Waals surface area contributed by atoms with E-state index in [1.54, 1.807) is 24.3 Å². The van der Waals surface area contributed by atoms with Crippen molar-refractivity contribution in [3.8, 4) is 23.0 Å². The lowest BCUT2D eigenvalue weighted by Crippen LogP contribution is -2.17. The van der Waals surface area contributed by atoms with E-state index >= 15 is 0 Å². The zero-order chi connectivity index (χ0) is 34.0. The van der Waals surface area contributed by atoms with Gasteiger partial charge in [0.1, 0.15) is 23.0 Å². The highest BCUT2D eigenvalue weighted by atomic mass is 16.6. The molecule has 4 aromatic carbocycles. The summed E-state index contributed by atoms with van der Waals surface area (Å²) in [6.07, 6.45) is 1.93. The second kappa shape index (κ2) is 13.3. The summed E-state index contributed by atoms with van der Waals surface area (Å²) in [5.74, 6) is 2.67. The van der Waals surface area contributed by atoms with Crippen LogP contribution in [-0.4, -0.2) is 9.85 Å². The quantitative estimate of drug-likeness (QED) is 0.128. The number of non-ortho nitro benzene ring substituents is 2. The van der Waals surface area contributed by atoms with Gasteiger partial charge in [0.15, 0.2) is 0 Å². The van der Waals surface area contributed by atoms with Crippen molar-refractivity contribution in [3.63, 3.8) is 0 Å². The summed E-state index contributed by atoms with van der Waals surface area (Å²) >= 11 is 0. The number of aryl methyl sites for hydroxylation is 2. The summed E-state index contributed by atoms with van der Waals surface area (Å²) < 4.78 is 12.7. The molecule has 8 nitrogen and oxygen atoms in total. The molecule has 0 amide bonds. The molecule has 0 spiro atoms. The minimum Gasteiger partial charge on any atom is -0.457 e. The number of rotatable bonds is 10. The van der Waals surface area contributed by atoms with Crippen molar-refractivity contribution < 1.29 is 19.3 Å². The van der Waals surface area contributed by atoms with Crippen molar-refractivity contribution >= 4 is 11.4 Å². The first-order valence-corrected chi connectivity index (χ1v) is 15.6. The summed E-state index contributed by atoms with van der Waals surface area (Å²) in [6, 6.07) is 21.1. The second-order valence-corrected chi connectivity index (χ2v) is 14.0. The molecule has 46 heavy (non-hydrogen) atoms.